The summed E-state index contributed by atoms with van der Waals surface area (Å²) >= 11 is 0. The molecular formula is C13H15N3O3S. The van der Waals surface area contributed by atoms with E-state index in [1.54, 1.807) is 25.4 Å². The molecule has 1 heterocycles. The molecule has 0 fully saturated rings. The standard InChI is InChI=1S/C13H15N3O3S/c1-19-13-8-10(6-7-15-13)9-16-11-2-4-12(5-3-11)20(14,17)18/h2-8,16H,9H2,1H3,(H2,14,17,18). The lowest BCUT2D eigenvalue weighted by atomic mass is 10.2. The summed E-state index contributed by atoms with van der Waals surface area (Å²) < 4.78 is 27.3. The quantitative estimate of drug-likeness (QED) is 0.867. The first kappa shape index (κ1) is 14.3. The van der Waals surface area contributed by atoms with Crippen LogP contribution in [0.3, 0.4) is 0 Å². The van der Waals surface area contributed by atoms with E-state index in [4.69, 9.17) is 9.88 Å². The minimum absolute atomic E-state index is 0.0913. The van der Waals surface area contributed by atoms with Gasteiger partial charge in [0.1, 0.15) is 0 Å². The Morgan fingerprint density at radius 3 is 2.55 bits per heavy atom. The molecule has 3 N–H and O–H groups in total. The van der Waals surface area contributed by atoms with Crippen molar-refractivity contribution in [3.63, 3.8) is 0 Å². The van der Waals surface area contributed by atoms with Crippen LogP contribution < -0.4 is 15.2 Å². The van der Waals surface area contributed by atoms with Gasteiger partial charge in [-0.1, -0.05) is 0 Å². The number of benzene rings is 1. The molecule has 7 heteroatoms. The lowest BCUT2D eigenvalue weighted by Gasteiger charge is -2.08. The van der Waals surface area contributed by atoms with Gasteiger partial charge in [0.05, 0.1) is 12.0 Å². The summed E-state index contributed by atoms with van der Waals surface area (Å²) in [7, 11) is -2.09. The smallest absolute Gasteiger partial charge is 0.238 e. The Bertz CT molecular complexity index is 684. The van der Waals surface area contributed by atoms with Crippen molar-refractivity contribution in [3.8, 4) is 5.88 Å². The molecule has 1 aromatic heterocycles. The molecule has 0 aliphatic heterocycles. The Kier molecular flexibility index (Phi) is 4.21. The molecular weight excluding hydrogens is 278 g/mol. The second kappa shape index (κ2) is 5.89. The van der Waals surface area contributed by atoms with Gasteiger partial charge in [0.2, 0.25) is 15.9 Å². The van der Waals surface area contributed by atoms with E-state index in [1.807, 2.05) is 12.1 Å². The fourth-order valence-electron chi connectivity index (χ4n) is 1.64. The fraction of sp³-hybridized carbons (Fsp3) is 0.154. The van der Waals surface area contributed by atoms with Crippen molar-refractivity contribution < 1.29 is 13.2 Å². The number of hydrogen-bond acceptors (Lipinski definition) is 5. The monoisotopic (exact) mass is 293 g/mol. The maximum absolute atomic E-state index is 11.1. The molecule has 0 saturated heterocycles. The molecule has 1 aromatic carbocycles. The number of nitrogens with one attached hydrogen (secondary N) is 1. The average molecular weight is 293 g/mol. The van der Waals surface area contributed by atoms with Crippen LogP contribution in [-0.2, 0) is 16.6 Å². The van der Waals surface area contributed by atoms with Crippen LogP contribution in [0.4, 0.5) is 5.69 Å². The van der Waals surface area contributed by atoms with E-state index in [1.165, 1.54) is 12.1 Å². The van der Waals surface area contributed by atoms with Crippen LogP contribution in [0.5, 0.6) is 5.88 Å². The molecule has 2 rings (SSSR count). The normalized spacial score (nSPS) is 11.1. The van der Waals surface area contributed by atoms with Crippen LogP contribution in [0.15, 0.2) is 47.5 Å². The largest absolute Gasteiger partial charge is 0.481 e. The van der Waals surface area contributed by atoms with E-state index < -0.39 is 10.0 Å². The Morgan fingerprint density at radius 2 is 1.95 bits per heavy atom. The Hall–Kier alpha value is -2.12. The number of nitrogens with two attached hydrogens (primary N) is 1. The van der Waals surface area contributed by atoms with E-state index in [0.717, 1.165) is 11.3 Å². The van der Waals surface area contributed by atoms with Crippen LogP contribution >= 0.6 is 0 Å². The molecule has 106 valence electrons. The second-order valence-corrected chi connectivity index (χ2v) is 5.69. The number of ether oxygens (including phenoxy) is 1. The molecule has 0 aliphatic rings. The zero-order valence-electron chi connectivity index (χ0n) is 10.9. The summed E-state index contributed by atoms with van der Waals surface area (Å²) in [6.07, 6.45) is 1.67. The highest BCUT2D eigenvalue weighted by atomic mass is 32.2. The summed E-state index contributed by atoms with van der Waals surface area (Å²) in [6, 6.07) is 9.95. The van der Waals surface area contributed by atoms with Crippen molar-refractivity contribution in [3.05, 3.63) is 48.2 Å². The van der Waals surface area contributed by atoms with Crippen molar-refractivity contribution >= 4 is 15.7 Å². The predicted octanol–water partition coefficient (Wildman–Crippen LogP) is 1.35. The molecule has 0 spiro atoms. The number of hydrogen-bond donors (Lipinski definition) is 2. The van der Waals surface area contributed by atoms with E-state index in [9.17, 15) is 8.42 Å². The molecule has 0 aliphatic carbocycles. The highest BCUT2D eigenvalue weighted by Gasteiger charge is 2.06. The summed E-state index contributed by atoms with van der Waals surface area (Å²) in [4.78, 5) is 4.11. The van der Waals surface area contributed by atoms with Gasteiger partial charge < -0.3 is 10.1 Å². The van der Waals surface area contributed by atoms with Crippen molar-refractivity contribution in [2.45, 2.75) is 11.4 Å². The number of rotatable bonds is 5. The van der Waals surface area contributed by atoms with Crippen molar-refractivity contribution in [1.29, 1.82) is 0 Å². The SMILES string of the molecule is COc1cc(CNc2ccc(S(N)(=O)=O)cc2)ccn1. The minimum Gasteiger partial charge on any atom is -0.481 e. The Labute approximate surface area is 117 Å². The Morgan fingerprint density at radius 1 is 1.25 bits per heavy atom. The molecule has 0 atom stereocenters. The number of anilines is 1. The van der Waals surface area contributed by atoms with Gasteiger partial charge in [-0.15, -0.1) is 0 Å². The van der Waals surface area contributed by atoms with E-state index in [0.29, 0.717) is 12.4 Å². The van der Waals surface area contributed by atoms with Gasteiger partial charge in [-0.2, -0.15) is 0 Å². The minimum atomic E-state index is -3.65. The molecule has 2 aromatic rings. The number of nitrogens with zero attached hydrogens (tertiary/aromatic N) is 1. The second-order valence-electron chi connectivity index (χ2n) is 4.13. The zero-order chi connectivity index (χ0) is 14.6. The van der Waals surface area contributed by atoms with Crippen LogP contribution in [0, 0.1) is 0 Å². The summed E-state index contributed by atoms with van der Waals surface area (Å²) in [6.45, 7) is 0.577. The highest BCUT2D eigenvalue weighted by molar-refractivity contribution is 7.89. The zero-order valence-corrected chi connectivity index (χ0v) is 11.7. The summed E-state index contributed by atoms with van der Waals surface area (Å²) in [5.41, 5.74) is 1.81. The molecule has 20 heavy (non-hydrogen) atoms. The maximum atomic E-state index is 11.1. The molecule has 0 bridgehead atoms. The van der Waals surface area contributed by atoms with Gasteiger partial charge in [0.25, 0.3) is 0 Å². The van der Waals surface area contributed by atoms with E-state index in [-0.39, 0.29) is 4.90 Å². The first-order chi connectivity index (χ1) is 9.49. The molecule has 0 amide bonds. The van der Waals surface area contributed by atoms with Gasteiger partial charge in [0.15, 0.2) is 0 Å². The third-order valence-corrected chi connectivity index (χ3v) is 3.62. The van der Waals surface area contributed by atoms with Gasteiger partial charge >= 0.3 is 0 Å². The number of primary sulfonamides is 1. The molecule has 6 nitrogen and oxygen atoms in total. The molecule has 0 unspecified atom stereocenters. The fourth-order valence-corrected chi connectivity index (χ4v) is 2.15. The van der Waals surface area contributed by atoms with Crippen molar-refractivity contribution in [2.75, 3.05) is 12.4 Å². The predicted molar refractivity (Wildman–Crippen MR) is 75.9 cm³/mol. The topological polar surface area (TPSA) is 94.3 Å². The van der Waals surface area contributed by atoms with Crippen LogP contribution in [0.1, 0.15) is 5.56 Å². The third-order valence-electron chi connectivity index (χ3n) is 2.69. The Balaban J connectivity index is 2.04. The maximum Gasteiger partial charge on any atom is 0.238 e. The summed E-state index contributed by atoms with van der Waals surface area (Å²) in [5, 5.41) is 8.21. The van der Waals surface area contributed by atoms with E-state index >= 15 is 0 Å². The van der Waals surface area contributed by atoms with Crippen molar-refractivity contribution in [2.24, 2.45) is 5.14 Å². The molecule has 0 radical (unpaired) electrons. The number of sulfonamides is 1. The van der Waals surface area contributed by atoms with Gasteiger partial charge in [-0.3, -0.25) is 0 Å². The lowest BCUT2D eigenvalue weighted by Crippen LogP contribution is -2.12. The first-order valence-electron chi connectivity index (χ1n) is 5.85. The molecule has 0 saturated carbocycles. The highest BCUT2D eigenvalue weighted by Crippen LogP contribution is 2.15. The third kappa shape index (κ3) is 3.69. The van der Waals surface area contributed by atoms with Crippen LogP contribution in [0.2, 0.25) is 0 Å². The number of methoxy groups -OCH3 is 1. The van der Waals surface area contributed by atoms with Crippen LogP contribution in [-0.4, -0.2) is 20.5 Å². The van der Waals surface area contributed by atoms with E-state index in [2.05, 4.69) is 10.3 Å². The number of pyridine rings is 1. The lowest BCUT2D eigenvalue weighted by molar-refractivity contribution is 0.397. The van der Waals surface area contributed by atoms with Gasteiger partial charge in [-0.05, 0) is 35.9 Å². The average Bonchev–Trinajstić information content (AvgIpc) is 2.45. The van der Waals surface area contributed by atoms with Gasteiger partial charge in [-0.25, -0.2) is 18.5 Å². The van der Waals surface area contributed by atoms with Crippen molar-refractivity contribution in [1.82, 2.24) is 4.98 Å². The van der Waals surface area contributed by atoms with Gasteiger partial charge in [0, 0.05) is 24.5 Å². The first-order valence-corrected chi connectivity index (χ1v) is 7.39. The van der Waals surface area contributed by atoms with Crippen LogP contribution in [0.25, 0.3) is 0 Å². The summed E-state index contributed by atoms with van der Waals surface area (Å²) in [5.74, 6) is 0.550. The number of aromatic nitrogens is 1.